The number of aldehydes is 1. The summed E-state index contributed by atoms with van der Waals surface area (Å²) in [5.74, 6) is -1.87. The fraction of sp³-hybridized carbons (Fsp3) is 0.203. The van der Waals surface area contributed by atoms with E-state index in [1.807, 2.05) is 191 Å². The van der Waals surface area contributed by atoms with Crippen molar-refractivity contribution in [3.63, 3.8) is 0 Å². The lowest BCUT2D eigenvalue weighted by molar-refractivity contribution is -0.138. The molecule has 0 radical (unpaired) electrons. The zero-order valence-electron chi connectivity index (χ0n) is 45.8. The van der Waals surface area contributed by atoms with Crippen LogP contribution < -0.4 is 19.4 Å². The fourth-order valence-corrected chi connectivity index (χ4v) is 10.5. The number of benzene rings is 8. The molecule has 8 aromatic carbocycles. The Morgan fingerprint density at radius 3 is 1.52 bits per heavy atom. The molecule has 0 spiro atoms. The number of amides is 3. The Morgan fingerprint density at radius 1 is 0.543 bits per heavy atom. The average Bonchev–Trinajstić information content (AvgIpc) is 3.05. The minimum absolute atomic E-state index is 0.0165. The number of anilines is 3. The lowest BCUT2D eigenvalue weighted by Crippen LogP contribution is -2.60. The predicted octanol–water partition coefficient (Wildman–Crippen LogP) is 12.4. The van der Waals surface area contributed by atoms with Crippen molar-refractivity contribution in [3.05, 3.63) is 274 Å². The van der Waals surface area contributed by atoms with Crippen LogP contribution in [0.5, 0.6) is 5.75 Å². The number of halogens is 1. The van der Waals surface area contributed by atoms with Crippen molar-refractivity contribution in [2.75, 3.05) is 21.3 Å². The second kappa shape index (κ2) is 25.3. The summed E-state index contributed by atoms with van der Waals surface area (Å²) in [5, 5.41) is 19.4. The lowest BCUT2D eigenvalue weighted by Gasteiger charge is -2.49. The molecule has 7 atom stereocenters. The van der Waals surface area contributed by atoms with E-state index in [9.17, 15) is 38.6 Å². The Kier molecular flexibility index (Phi) is 17.7. The molecule has 8 aromatic rings. The van der Waals surface area contributed by atoms with Gasteiger partial charge in [-0.05, 0) is 123 Å². The second-order valence-corrected chi connectivity index (χ2v) is 20.7. The van der Waals surface area contributed by atoms with E-state index in [0.717, 1.165) is 55.9 Å². The summed E-state index contributed by atoms with van der Waals surface area (Å²) in [7, 11) is 0. The van der Waals surface area contributed by atoms with Crippen LogP contribution in [0.1, 0.15) is 78.6 Å². The van der Waals surface area contributed by atoms with Crippen LogP contribution >= 0.6 is 0 Å². The number of para-hydroxylation sites is 2. The number of allylic oxidation sites excluding steroid dienone is 1. The number of aliphatic hydroxyl groups excluding tert-OH is 2. The van der Waals surface area contributed by atoms with Gasteiger partial charge in [-0.3, -0.25) is 19.2 Å². The third-order valence-corrected chi connectivity index (χ3v) is 15.1. The number of aryl methyl sites for hydroxylation is 5. The van der Waals surface area contributed by atoms with Gasteiger partial charge in [-0.1, -0.05) is 174 Å². The van der Waals surface area contributed by atoms with Gasteiger partial charge in [0.2, 0.25) is 17.7 Å². The van der Waals surface area contributed by atoms with Gasteiger partial charge in [0.05, 0.1) is 42.7 Å². The van der Waals surface area contributed by atoms with Crippen LogP contribution in [0.3, 0.4) is 0 Å². The molecular formula is C69H64FN3O8. The van der Waals surface area contributed by atoms with Crippen molar-refractivity contribution in [2.24, 2.45) is 17.8 Å². The van der Waals surface area contributed by atoms with E-state index in [1.165, 1.54) is 22.6 Å². The van der Waals surface area contributed by atoms with Crippen molar-refractivity contribution in [1.29, 1.82) is 0 Å². The second-order valence-electron chi connectivity index (χ2n) is 20.7. The zero-order chi connectivity index (χ0) is 57.3. The molecule has 0 aromatic heterocycles. The van der Waals surface area contributed by atoms with Gasteiger partial charge in [0, 0.05) is 22.6 Å². The number of ether oxygens (including phenoxy) is 1. The van der Waals surface area contributed by atoms with Gasteiger partial charge in [-0.15, -0.1) is 0 Å². The van der Waals surface area contributed by atoms with Crippen LogP contribution in [0.25, 0.3) is 0 Å². The van der Waals surface area contributed by atoms with Crippen LogP contribution in [-0.2, 0) is 25.8 Å². The van der Waals surface area contributed by atoms with E-state index in [0.29, 0.717) is 29.9 Å². The van der Waals surface area contributed by atoms with E-state index < -0.39 is 30.6 Å². The Bertz CT molecular complexity index is 3530. The quantitative estimate of drug-likeness (QED) is 0.0339. The normalized spacial score (nSPS) is 19.5. The Morgan fingerprint density at radius 2 is 1.00 bits per heavy atom. The van der Waals surface area contributed by atoms with Crippen LogP contribution in [0.2, 0.25) is 0 Å². The van der Waals surface area contributed by atoms with Crippen molar-refractivity contribution in [2.45, 2.75) is 65.5 Å². The van der Waals surface area contributed by atoms with Crippen LogP contribution in [0, 0.1) is 58.2 Å². The maximum Gasteiger partial charge on any atom is 0.240 e. The van der Waals surface area contributed by atoms with Gasteiger partial charge in [0.1, 0.15) is 30.4 Å². The first-order valence-electron chi connectivity index (χ1n) is 27.0. The fourth-order valence-electron chi connectivity index (χ4n) is 10.5. The number of hydrogen-bond acceptors (Lipinski definition) is 8. The van der Waals surface area contributed by atoms with E-state index in [1.54, 1.807) is 29.2 Å². The first-order chi connectivity index (χ1) is 39.2. The number of hydrogen-bond donors (Lipinski definition) is 2. The molecule has 3 fully saturated rings. The zero-order valence-corrected chi connectivity index (χ0v) is 45.8. The molecule has 11 nitrogen and oxygen atoms in total. The molecule has 0 aliphatic carbocycles. The molecule has 3 saturated heterocycles. The summed E-state index contributed by atoms with van der Waals surface area (Å²) in [6.07, 6.45) is 2.94. The standard InChI is InChI=1S/C27H25NO2.C23H18FNO3.C19H21NO3/c1-18-8-12-21(13-9-18)25(29)17-16-23-26(22-14-10-19(2)11-15-22)28(27(23)30)24-7-5-4-6-20(24)3;24-18-8-10-19(11-9-18)25-22(21(14-26)23(25)27)17-6-12-20(13-7-17)28-15-16-4-2-1-3-5-16;1-12-7-9-14(10-8-12)18-17(16(22)11-21)19(23)20(18)15-6-4-3-5-13(15)2/h4-17,23,26H,1-3H3;1-14,21-22H,15H2;3-10,16-18,21-22H,11H2,1-2H3/b17-16+;;/t23-,26?;21-,22?;16-,17-,18?/m111/s1. The number of nitrogens with zero attached hydrogens (tertiary/aromatic N) is 3. The maximum atomic E-state index is 13.2. The lowest BCUT2D eigenvalue weighted by atomic mass is 9.78. The summed E-state index contributed by atoms with van der Waals surface area (Å²) < 4.78 is 19.0. The van der Waals surface area contributed by atoms with Crippen LogP contribution in [-0.4, -0.2) is 52.7 Å². The molecule has 0 bridgehead atoms. The number of carbonyl (C=O) groups is 5. The number of ketones is 1. The highest BCUT2D eigenvalue weighted by atomic mass is 19.1. The van der Waals surface area contributed by atoms with Crippen molar-refractivity contribution in [1.82, 2.24) is 0 Å². The molecule has 2 N–H and O–H groups in total. The number of aliphatic hydroxyl groups is 2. The first-order valence-corrected chi connectivity index (χ1v) is 27.0. The Balaban J connectivity index is 0.000000148. The summed E-state index contributed by atoms with van der Waals surface area (Å²) in [6.45, 7) is 10.1. The Labute approximate surface area is 472 Å². The Hall–Kier alpha value is -9.10. The molecule has 3 heterocycles. The summed E-state index contributed by atoms with van der Waals surface area (Å²) >= 11 is 0. The largest absolute Gasteiger partial charge is 0.489 e. The third kappa shape index (κ3) is 12.4. The number of rotatable bonds is 15. The maximum absolute atomic E-state index is 13.2. The van der Waals surface area contributed by atoms with Crippen molar-refractivity contribution in [3.8, 4) is 5.75 Å². The van der Waals surface area contributed by atoms with Crippen molar-refractivity contribution < 1.29 is 43.3 Å². The van der Waals surface area contributed by atoms with Gasteiger partial charge >= 0.3 is 0 Å². The van der Waals surface area contributed by atoms with E-state index in [-0.39, 0.29) is 47.3 Å². The average molecular weight is 1080 g/mol. The minimum Gasteiger partial charge on any atom is -0.489 e. The SMILES string of the molecule is Cc1ccc(C(=O)/C=C/[C@H]2C(=O)N(c3ccccc3C)C2c2ccc(C)cc2)cc1.Cc1ccc(C2[C@@H]([C@H](O)CO)C(=O)N2c2ccccc2C)cc1.O=C[C@H]1C(=O)N(c2ccc(F)cc2)C1c1ccc(OCc2ccccc2)cc1. The molecule has 11 rings (SSSR count). The van der Waals surface area contributed by atoms with Crippen LogP contribution in [0.4, 0.5) is 21.5 Å². The summed E-state index contributed by atoms with van der Waals surface area (Å²) in [6, 6.07) is 61.4. The topological polar surface area (TPSA) is 145 Å². The summed E-state index contributed by atoms with van der Waals surface area (Å²) in [4.78, 5) is 67.2. The highest BCUT2D eigenvalue weighted by Crippen LogP contribution is 2.48. The minimum atomic E-state index is -1.05. The van der Waals surface area contributed by atoms with E-state index >= 15 is 0 Å². The first kappa shape index (κ1) is 56.6. The van der Waals surface area contributed by atoms with Gasteiger partial charge in [0.25, 0.3) is 0 Å². The summed E-state index contributed by atoms with van der Waals surface area (Å²) in [5.41, 5.74) is 12.4. The molecule has 81 heavy (non-hydrogen) atoms. The van der Waals surface area contributed by atoms with E-state index in [4.69, 9.17) is 4.74 Å². The van der Waals surface area contributed by atoms with Gasteiger partial charge in [0.15, 0.2) is 5.78 Å². The molecule has 0 saturated carbocycles. The van der Waals surface area contributed by atoms with E-state index in [2.05, 4.69) is 24.3 Å². The van der Waals surface area contributed by atoms with Gasteiger partial charge in [-0.2, -0.15) is 0 Å². The molecule has 3 amide bonds. The third-order valence-electron chi connectivity index (χ3n) is 15.1. The van der Waals surface area contributed by atoms with Crippen molar-refractivity contribution >= 4 is 46.9 Å². The highest BCUT2D eigenvalue weighted by Gasteiger charge is 2.53. The van der Waals surface area contributed by atoms with Crippen LogP contribution in [0.15, 0.2) is 212 Å². The smallest absolute Gasteiger partial charge is 0.240 e. The molecule has 12 heteroatoms. The predicted molar refractivity (Wildman–Crippen MR) is 313 cm³/mol. The molecule has 410 valence electrons. The highest BCUT2D eigenvalue weighted by molar-refractivity contribution is 6.11. The monoisotopic (exact) mass is 1080 g/mol. The molecule has 3 aliphatic heterocycles. The number of carbonyl (C=O) groups excluding carboxylic acids is 5. The molecule has 3 aliphatic rings. The van der Waals surface area contributed by atoms with Gasteiger partial charge < -0.3 is 34.4 Å². The van der Waals surface area contributed by atoms with Gasteiger partial charge in [-0.25, -0.2) is 4.39 Å². The molecule has 3 unspecified atom stereocenters. The number of β-lactam (4-membered cyclic amide) rings is 3. The molecular weight excluding hydrogens is 1020 g/mol.